The van der Waals surface area contributed by atoms with Gasteiger partial charge in [-0.3, -0.25) is 4.79 Å². The summed E-state index contributed by atoms with van der Waals surface area (Å²) in [4.78, 5) is 11.5. The Bertz CT molecular complexity index is 192. The molecule has 0 saturated carbocycles. The molecule has 0 aliphatic heterocycles. The highest BCUT2D eigenvalue weighted by Gasteiger charge is 1.89. The molecule has 0 radical (unpaired) electrons. The third kappa shape index (κ3) is 1.52. The van der Waals surface area contributed by atoms with E-state index in [0.29, 0.717) is 0 Å². The molecule has 48 valence electrons. The van der Waals surface area contributed by atoms with Gasteiger partial charge in [0.05, 0.1) is 12.4 Å². The van der Waals surface area contributed by atoms with Gasteiger partial charge in [0.25, 0.3) is 0 Å². The number of nitrogens with zero attached hydrogens (tertiary/aromatic N) is 3. The second-order valence-electron chi connectivity index (χ2n) is 1.52. The number of nitrogens with one attached hydrogen (secondary N) is 1. The van der Waals surface area contributed by atoms with E-state index in [0.717, 1.165) is 0 Å². The SMILES string of the molecule is CC(=O)Nn1ccnn1. The van der Waals surface area contributed by atoms with Crippen LogP contribution in [0.25, 0.3) is 0 Å². The summed E-state index contributed by atoms with van der Waals surface area (Å²) in [5.41, 5.74) is 2.39. The van der Waals surface area contributed by atoms with E-state index in [4.69, 9.17) is 0 Å². The van der Waals surface area contributed by atoms with Crippen molar-refractivity contribution in [3.8, 4) is 0 Å². The van der Waals surface area contributed by atoms with Crippen LogP contribution in [0.2, 0.25) is 0 Å². The molecule has 0 aliphatic rings. The molecule has 1 rings (SSSR count). The molecule has 0 aromatic carbocycles. The summed E-state index contributed by atoms with van der Waals surface area (Å²) in [6, 6.07) is 0. The minimum Gasteiger partial charge on any atom is -0.274 e. The Kier molecular flexibility index (Phi) is 1.44. The largest absolute Gasteiger partial charge is 0.274 e. The van der Waals surface area contributed by atoms with Crippen molar-refractivity contribution in [2.75, 3.05) is 5.43 Å². The van der Waals surface area contributed by atoms with Gasteiger partial charge in [0.15, 0.2) is 0 Å². The van der Waals surface area contributed by atoms with Gasteiger partial charge in [-0.1, -0.05) is 0 Å². The number of carbonyl (C=O) groups is 1. The van der Waals surface area contributed by atoms with E-state index in [2.05, 4.69) is 15.7 Å². The molecule has 0 bridgehead atoms. The lowest BCUT2D eigenvalue weighted by Crippen LogP contribution is -2.19. The zero-order valence-corrected chi connectivity index (χ0v) is 4.90. The number of rotatable bonds is 1. The standard InChI is InChI=1S/C4H6N4O/c1-4(9)6-8-3-2-5-7-8/h2-3H,1H3,(H,6,9). The van der Waals surface area contributed by atoms with E-state index in [1.807, 2.05) is 0 Å². The van der Waals surface area contributed by atoms with Gasteiger partial charge in [-0.05, 0) is 5.21 Å². The third-order valence-corrected chi connectivity index (χ3v) is 0.695. The maximum atomic E-state index is 10.3. The molecule has 1 aromatic heterocycles. The van der Waals surface area contributed by atoms with Crippen LogP contribution < -0.4 is 5.43 Å². The highest BCUT2D eigenvalue weighted by Crippen LogP contribution is 1.72. The molecular weight excluding hydrogens is 120 g/mol. The first-order valence-corrected chi connectivity index (χ1v) is 2.43. The molecule has 0 saturated heterocycles. The third-order valence-electron chi connectivity index (χ3n) is 0.695. The lowest BCUT2D eigenvalue weighted by molar-refractivity contribution is -0.115. The fraction of sp³-hybridized carbons (Fsp3) is 0.250. The summed E-state index contributed by atoms with van der Waals surface area (Å²) in [5.74, 6) is -0.166. The fourth-order valence-electron chi connectivity index (χ4n) is 0.429. The Morgan fingerprint density at radius 3 is 3.00 bits per heavy atom. The van der Waals surface area contributed by atoms with Crippen LogP contribution in [0, 0.1) is 0 Å². The van der Waals surface area contributed by atoms with Crippen LogP contribution in [0.15, 0.2) is 12.4 Å². The topological polar surface area (TPSA) is 59.8 Å². The van der Waals surface area contributed by atoms with Crippen LogP contribution >= 0.6 is 0 Å². The number of hydrogen-bond donors (Lipinski definition) is 1. The van der Waals surface area contributed by atoms with Crippen LogP contribution in [-0.4, -0.2) is 21.0 Å². The number of aromatic nitrogens is 3. The van der Waals surface area contributed by atoms with Gasteiger partial charge in [0.1, 0.15) is 0 Å². The predicted molar refractivity (Wildman–Crippen MR) is 30.1 cm³/mol. The highest BCUT2D eigenvalue weighted by atomic mass is 16.2. The maximum Gasteiger partial charge on any atom is 0.236 e. The lowest BCUT2D eigenvalue weighted by Gasteiger charge is -1.95. The number of amides is 1. The molecule has 1 N–H and O–H groups in total. The summed E-state index contributed by atoms with van der Waals surface area (Å²) in [6.45, 7) is 1.40. The van der Waals surface area contributed by atoms with Crippen LogP contribution in [0.5, 0.6) is 0 Å². The van der Waals surface area contributed by atoms with Crippen LogP contribution in [-0.2, 0) is 4.79 Å². The van der Waals surface area contributed by atoms with Crippen molar-refractivity contribution in [2.45, 2.75) is 6.92 Å². The van der Waals surface area contributed by atoms with E-state index < -0.39 is 0 Å². The molecular formula is C4H6N4O. The molecule has 0 atom stereocenters. The van der Waals surface area contributed by atoms with Gasteiger partial charge >= 0.3 is 0 Å². The highest BCUT2D eigenvalue weighted by molar-refractivity contribution is 5.80. The molecule has 1 aromatic rings. The van der Waals surface area contributed by atoms with Crippen LogP contribution in [0.4, 0.5) is 0 Å². The second kappa shape index (κ2) is 2.25. The molecule has 1 amide bonds. The second-order valence-corrected chi connectivity index (χ2v) is 1.52. The zero-order valence-electron chi connectivity index (χ0n) is 4.90. The molecule has 5 heteroatoms. The monoisotopic (exact) mass is 126 g/mol. The first-order chi connectivity index (χ1) is 4.29. The normalized spacial score (nSPS) is 9.00. The Hall–Kier alpha value is -1.39. The summed E-state index contributed by atoms with van der Waals surface area (Å²) >= 11 is 0. The number of carbonyl (C=O) groups excluding carboxylic acids is 1. The van der Waals surface area contributed by atoms with Crippen LogP contribution in [0.3, 0.4) is 0 Å². The molecule has 0 unspecified atom stereocenters. The van der Waals surface area contributed by atoms with E-state index in [1.165, 1.54) is 17.9 Å². The molecule has 0 spiro atoms. The first-order valence-electron chi connectivity index (χ1n) is 2.43. The average molecular weight is 126 g/mol. The van der Waals surface area contributed by atoms with Crippen molar-refractivity contribution in [3.05, 3.63) is 12.4 Å². The van der Waals surface area contributed by atoms with Gasteiger partial charge in [-0.25, -0.2) is 5.43 Å². The van der Waals surface area contributed by atoms with Crippen molar-refractivity contribution in [1.29, 1.82) is 0 Å². The van der Waals surface area contributed by atoms with Gasteiger partial charge in [0, 0.05) is 6.92 Å². The average Bonchev–Trinajstić information content (AvgIpc) is 2.15. The van der Waals surface area contributed by atoms with E-state index >= 15 is 0 Å². The predicted octanol–water partition coefficient (Wildman–Crippen LogP) is -0.632. The lowest BCUT2D eigenvalue weighted by atomic mass is 10.8. The summed E-state index contributed by atoms with van der Waals surface area (Å²) in [6.07, 6.45) is 3.03. The van der Waals surface area contributed by atoms with Crippen molar-refractivity contribution >= 4 is 5.91 Å². The van der Waals surface area contributed by atoms with Gasteiger partial charge in [0.2, 0.25) is 5.91 Å². The van der Waals surface area contributed by atoms with Crippen LogP contribution in [0.1, 0.15) is 6.92 Å². The fourth-order valence-corrected chi connectivity index (χ4v) is 0.429. The first kappa shape index (κ1) is 5.74. The van der Waals surface area contributed by atoms with Crippen molar-refractivity contribution in [3.63, 3.8) is 0 Å². The molecule has 0 aliphatic carbocycles. The maximum absolute atomic E-state index is 10.3. The van der Waals surface area contributed by atoms with E-state index in [-0.39, 0.29) is 5.91 Å². The van der Waals surface area contributed by atoms with Crippen molar-refractivity contribution in [1.82, 2.24) is 15.1 Å². The molecule has 5 nitrogen and oxygen atoms in total. The Labute approximate surface area is 51.6 Å². The number of hydrogen-bond acceptors (Lipinski definition) is 3. The quantitative estimate of drug-likeness (QED) is 0.545. The Morgan fingerprint density at radius 1 is 1.78 bits per heavy atom. The van der Waals surface area contributed by atoms with Gasteiger partial charge in [-0.15, -0.1) is 5.10 Å². The summed E-state index contributed by atoms with van der Waals surface area (Å²) in [5, 5.41) is 6.96. The van der Waals surface area contributed by atoms with Crippen molar-refractivity contribution < 1.29 is 4.79 Å². The minimum atomic E-state index is -0.166. The minimum absolute atomic E-state index is 0.166. The van der Waals surface area contributed by atoms with Gasteiger partial charge < -0.3 is 0 Å². The van der Waals surface area contributed by atoms with E-state index in [9.17, 15) is 4.79 Å². The Morgan fingerprint density at radius 2 is 2.56 bits per heavy atom. The molecule has 1 heterocycles. The summed E-state index contributed by atoms with van der Waals surface area (Å²) < 4.78 is 0. The molecule has 0 fully saturated rings. The summed E-state index contributed by atoms with van der Waals surface area (Å²) in [7, 11) is 0. The van der Waals surface area contributed by atoms with Crippen molar-refractivity contribution in [2.24, 2.45) is 0 Å². The smallest absolute Gasteiger partial charge is 0.236 e. The van der Waals surface area contributed by atoms with Gasteiger partial charge in [-0.2, -0.15) is 4.79 Å². The van der Waals surface area contributed by atoms with E-state index in [1.54, 1.807) is 6.20 Å². The Balaban J connectivity index is 2.58. The zero-order chi connectivity index (χ0) is 6.69. The molecule has 9 heavy (non-hydrogen) atoms.